The summed E-state index contributed by atoms with van der Waals surface area (Å²) >= 11 is 0. The van der Waals surface area contributed by atoms with Crippen molar-refractivity contribution in [3.05, 3.63) is 215 Å². The Labute approximate surface area is 406 Å². The quantitative estimate of drug-likeness (QED) is 0.154. The van der Waals surface area contributed by atoms with E-state index in [1.165, 1.54) is 143 Å². The van der Waals surface area contributed by atoms with E-state index >= 15 is 0 Å². The number of rotatable bonds is 6. The third kappa shape index (κ3) is 5.33. The van der Waals surface area contributed by atoms with Crippen LogP contribution in [0.15, 0.2) is 182 Å². The summed E-state index contributed by atoms with van der Waals surface area (Å²) in [5.41, 5.74) is 21.3. The van der Waals surface area contributed by atoms with Crippen molar-refractivity contribution in [3.8, 4) is 22.3 Å². The highest BCUT2D eigenvalue weighted by Crippen LogP contribution is 2.70. The summed E-state index contributed by atoms with van der Waals surface area (Å²) in [5.74, 6) is 3.18. The van der Waals surface area contributed by atoms with E-state index in [1.54, 1.807) is 11.1 Å². The zero-order valence-electron chi connectivity index (χ0n) is 40.1. The van der Waals surface area contributed by atoms with Crippen molar-refractivity contribution in [2.75, 3.05) is 9.80 Å². The smallest absolute Gasteiger partial charge is 0.0543 e. The zero-order valence-corrected chi connectivity index (χ0v) is 40.1. The van der Waals surface area contributed by atoms with Gasteiger partial charge in [0.1, 0.15) is 0 Å². The first kappa shape index (κ1) is 39.8. The fourth-order valence-electron chi connectivity index (χ4n) is 15.8. The standard InChI is InChI=1S/C67H56N2/c1-40-13-11-15-48(33-40)68(59-21-10-5-14-41(59)2)60-31-25-44-24-29-53-61(32-26-45-23-28-52(60)63(44)64(45)53)69(49-27-30-56-54(39-49)50-16-6-8-18-55(50)66(56,3)4)62-22-12-20-58-65(62)51-17-7-9-19-57(51)67(58)46-35-42-34-43(37-46)38-47(67)36-42/h5-33,39,42-43,46-47H,34-38H2,1-4H3. The Hall–Kier alpha value is -7.16. The molecule has 0 N–H and O–H groups in total. The normalized spacial score (nSPS) is 22.1. The molecule has 6 aliphatic rings. The largest absolute Gasteiger partial charge is 0.310 e. The molecule has 2 heteroatoms. The Morgan fingerprint density at radius 1 is 0.406 bits per heavy atom. The first-order valence-corrected chi connectivity index (χ1v) is 25.7. The summed E-state index contributed by atoms with van der Waals surface area (Å²) in [5, 5.41) is 7.70. The van der Waals surface area contributed by atoms with Crippen molar-refractivity contribution in [3.63, 3.8) is 0 Å². The maximum atomic E-state index is 2.68. The molecular weight excluding hydrogens is 833 g/mol. The lowest BCUT2D eigenvalue weighted by Gasteiger charge is -2.61. The van der Waals surface area contributed by atoms with Gasteiger partial charge in [0, 0.05) is 44.2 Å². The average molecular weight is 889 g/mol. The molecule has 0 saturated heterocycles. The van der Waals surface area contributed by atoms with E-state index in [0.29, 0.717) is 11.8 Å². The molecule has 4 saturated carbocycles. The molecule has 1 spiro atoms. The fourth-order valence-corrected chi connectivity index (χ4v) is 15.8. The van der Waals surface area contributed by atoms with E-state index in [9.17, 15) is 0 Å². The molecule has 0 aromatic heterocycles. The van der Waals surface area contributed by atoms with Gasteiger partial charge in [0.2, 0.25) is 0 Å². The number of hydrogen-bond donors (Lipinski definition) is 0. The lowest BCUT2D eigenvalue weighted by molar-refractivity contribution is -0.0399. The van der Waals surface area contributed by atoms with Crippen LogP contribution in [0, 0.1) is 37.5 Å². The van der Waals surface area contributed by atoms with Crippen molar-refractivity contribution >= 4 is 66.4 Å². The van der Waals surface area contributed by atoms with Gasteiger partial charge in [-0.2, -0.15) is 0 Å². The maximum absolute atomic E-state index is 2.68. The minimum absolute atomic E-state index is 0.0707. The van der Waals surface area contributed by atoms with Crippen molar-refractivity contribution < 1.29 is 0 Å². The average Bonchev–Trinajstić information content (AvgIpc) is 3.79. The highest BCUT2D eigenvalue weighted by Gasteiger charge is 2.62. The van der Waals surface area contributed by atoms with E-state index < -0.39 is 0 Å². The monoisotopic (exact) mass is 888 g/mol. The Kier molecular flexibility index (Phi) is 8.19. The third-order valence-electron chi connectivity index (χ3n) is 18.3. The molecule has 0 amide bonds. The van der Waals surface area contributed by atoms with E-state index in [0.717, 1.165) is 11.8 Å². The molecule has 10 aromatic rings. The van der Waals surface area contributed by atoms with Gasteiger partial charge in [-0.1, -0.05) is 147 Å². The molecule has 16 rings (SSSR count). The summed E-state index contributed by atoms with van der Waals surface area (Å²) in [4.78, 5) is 5.16. The van der Waals surface area contributed by atoms with Crippen molar-refractivity contribution in [1.29, 1.82) is 0 Å². The number of nitrogens with zero attached hydrogens (tertiary/aromatic N) is 2. The topological polar surface area (TPSA) is 6.48 Å². The first-order chi connectivity index (χ1) is 33.8. The lowest BCUT2D eigenvalue weighted by atomic mass is 9.43. The number of anilines is 6. The molecule has 0 heterocycles. The summed E-state index contributed by atoms with van der Waals surface area (Å²) < 4.78 is 0. The van der Waals surface area contributed by atoms with Crippen LogP contribution < -0.4 is 9.80 Å². The van der Waals surface area contributed by atoms with Gasteiger partial charge in [0.15, 0.2) is 0 Å². The third-order valence-corrected chi connectivity index (χ3v) is 18.3. The van der Waals surface area contributed by atoms with Crippen LogP contribution in [0.2, 0.25) is 0 Å². The van der Waals surface area contributed by atoms with Crippen LogP contribution in [-0.2, 0) is 10.8 Å². The second-order valence-corrected chi connectivity index (χ2v) is 22.2. The van der Waals surface area contributed by atoms with Gasteiger partial charge >= 0.3 is 0 Å². The minimum Gasteiger partial charge on any atom is -0.310 e. The van der Waals surface area contributed by atoms with Gasteiger partial charge in [-0.3, -0.25) is 0 Å². The summed E-state index contributed by atoms with van der Waals surface area (Å²) in [6.45, 7) is 9.22. The van der Waals surface area contributed by atoms with Gasteiger partial charge < -0.3 is 9.80 Å². The van der Waals surface area contributed by atoms with Crippen LogP contribution >= 0.6 is 0 Å². The Balaban J connectivity index is 1.01. The second kappa shape index (κ2) is 14.2. The van der Waals surface area contributed by atoms with E-state index in [2.05, 4.69) is 219 Å². The number of benzene rings is 10. The van der Waals surface area contributed by atoms with Crippen LogP contribution in [0.4, 0.5) is 34.1 Å². The van der Waals surface area contributed by atoms with Crippen LogP contribution in [0.3, 0.4) is 0 Å². The van der Waals surface area contributed by atoms with Crippen LogP contribution in [-0.4, -0.2) is 0 Å². The van der Waals surface area contributed by atoms with Gasteiger partial charge in [0.25, 0.3) is 0 Å². The summed E-state index contributed by atoms with van der Waals surface area (Å²) in [6.07, 6.45) is 6.94. The first-order valence-electron chi connectivity index (χ1n) is 25.7. The number of fused-ring (bicyclic) bond motifs is 6. The molecule has 0 aliphatic heterocycles. The van der Waals surface area contributed by atoms with E-state index in [1.807, 2.05) is 0 Å². The number of aryl methyl sites for hydroxylation is 2. The molecule has 2 nitrogen and oxygen atoms in total. The molecule has 4 fully saturated rings. The van der Waals surface area contributed by atoms with Crippen molar-refractivity contribution in [2.45, 2.75) is 70.6 Å². The van der Waals surface area contributed by atoms with Gasteiger partial charge in [-0.25, -0.2) is 0 Å². The molecule has 0 atom stereocenters. The molecule has 69 heavy (non-hydrogen) atoms. The molecule has 6 aliphatic carbocycles. The Morgan fingerprint density at radius 3 is 1.65 bits per heavy atom. The molecule has 334 valence electrons. The molecule has 4 bridgehead atoms. The van der Waals surface area contributed by atoms with Crippen LogP contribution in [0.25, 0.3) is 54.6 Å². The van der Waals surface area contributed by atoms with Crippen LogP contribution in [0.5, 0.6) is 0 Å². The SMILES string of the molecule is Cc1cccc(N(c2ccccc2C)c2ccc3ccc4c(N(c5ccc6c(c5)-c5ccccc5C6(C)C)c5cccc6c5-c5ccccc5C65C6CC7CC(C6)CC5C7)ccc5ccc2c3c54)c1. The predicted octanol–water partition coefficient (Wildman–Crippen LogP) is 18.2. The molecule has 0 unspecified atom stereocenters. The van der Waals surface area contributed by atoms with Gasteiger partial charge in [-0.15, -0.1) is 0 Å². The summed E-state index contributed by atoms with van der Waals surface area (Å²) in [6, 6.07) is 70.5. The Morgan fingerprint density at radius 2 is 0.957 bits per heavy atom. The summed E-state index contributed by atoms with van der Waals surface area (Å²) in [7, 11) is 0. The maximum Gasteiger partial charge on any atom is 0.0543 e. The van der Waals surface area contributed by atoms with E-state index in [4.69, 9.17) is 0 Å². The minimum atomic E-state index is -0.0800. The van der Waals surface area contributed by atoms with Crippen molar-refractivity contribution in [1.82, 2.24) is 0 Å². The molecular formula is C67H56N2. The predicted molar refractivity (Wildman–Crippen MR) is 290 cm³/mol. The molecule has 0 radical (unpaired) electrons. The second-order valence-electron chi connectivity index (χ2n) is 22.2. The van der Waals surface area contributed by atoms with Gasteiger partial charge in [-0.05, 0) is 190 Å². The highest BCUT2D eigenvalue weighted by molar-refractivity contribution is 6.28. The lowest BCUT2D eigenvalue weighted by Crippen LogP contribution is -2.55. The Bertz CT molecular complexity index is 3750. The van der Waals surface area contributed by atoms with Gasteiger partial charge in [0.05, 0.1) is 17.1 Å². The van der Waals surface area contributed by atoms with Crippen molar-refractivity contribution in [2.24, 2.45) is 23.7 Å². The zero-order chi connectivity index (χ0) is 45.9. The number of para-hydroxylation sites is 1. The van der Waals surface area contributed by atoms with Crippen LogP contribution in [0.1, 0.15) is 79.3 Å². The highest BCUT2D eigenvalue weighted by atomic mass is 15.2. The molecule has 10 aromatic carbocycles. The van der Waals surface area contributed by atoms with E-state index in [-0.39, 0.29) is 10.8 Å². The number of hydrogen-bond acceptors (Lipinski definition) is 2. The fraction of sp³-hybridized carbons (Fsp3) is 0.224.